The van der Waals surface area contributed by atoms with Crippen molar-refractivity contribution < 1.29 is 4.74 Å². The van der Waals surface area contributed by atoms with Crippen LogP contribution in [0.25, 0.3) is 0 Å². The Balaban J connectivity index is 1.66. The number of alkyl halides is 1. The van der Waals surface area contributed by atoms with E-state index in [0.717, 1.165) is 19.4 Å². The molecule has 0 radical (unpaired) electrons. The summed E-state index contributed by atoms with van der Waals surface area (Å²) in [5.41, 5.74) is 1.42. The van der Waals surface area contributed by atoms with E-state index in [9.17, 15) is 0 Å². The molecule has 2 unspecified atom stereocenters. The van der Waals surface area contributed by atoms with E-state index >= 15 is 0 Å². The van der Waals surface area contributed by atoms with Gasteiger partial charge in [-0.3, -0.25) is 0 Å². The van der Waals surface area contributed by atoms with E-state index in [2.05, 4.69) is 46.3 Å². The molecule has 1 nitrogen and oxygen atoms in total. The van der Waals surface area contributed by atoms with Gasteiger partial charge in [0.25, 0.3) is 0 Å². The zero-order valence-electron chi connectivity index (χ0n) is 11.7. The van der Waals surface area contributed by atoms with Gasteiger partial charge >= 0.3 is 0 Å². The van der Waals surface area contributed by atoms with E-state index in [0.29, 0.717) is 10.9 Å². The van der Waals surface area contributed by atoms with Crippen LogP contribution in [0.4, 0.5) is 0 Å². The minimum Gasteiger partial charge on any atom is -0.377 e. The van der Waals surface area contributed by atoms with Crippen LogP contribution in [0.1, 0.15) is 50.5 Å². The topological polar surface area (TPSA) is 9.23 Å². The van der Waals surface area contributed by atoms with Crippen LogP contribution in [-0.4, -0.2) is 17.5 Å². The van der Waals surface area contributed by atoms with Gasteiger partial charge in [-0.05, 0) is 31.2 Å². The van der Waals surface area contributed by atoms with Crippen LogP contribution < -0.4 is 0 Å². The SMILES string of the molecule is BrC1CCCCCCC1OCCCc1ccccc1. The Kier molecular flexibility index (Phi) is 6.94. The van der Waals surface area contributed by atoms with Crippen molar-refractivity contribution in [2.24, 2.45) is 0 Å². The molecule has 2 rings (SSSR count). The third kappa shape index (κ3) is 5.66. The summed E-state index contributed by atoms with van der Waals surface area (Å²) in [6.45, 7) is 0.891. The molecule has 1 aliphatic rings. The molecule has 0 saturated heterocycles. The van der Waals surface area contributed by atoms with Crippen molar-refractivity contribution in [2.75, 3.05) is 6.61 Å². The average molecular weight is 325 g/mol. The molecule has 1 saturated carbocycles. The van der Waals surface area contributed by atoms with Gasteiger partial charge in [0, 0.05) is 11.4 Å². The smallest absolute Gasteiger partial charge is 0.0700 e. The highest BCUT2D eigenvalue weighted by Gasteiger charge is 2.20. The third-order valence-electron chi connectivity index (χ3n) is 3.91. The van der Waals surface area contributed by atoms with Crippen molar-refractivity contribution in [3.05, 3.63) is 35.9 Å². The Bertz CT molecular complexity index is 338. The highest BCUT2D eigenvalue weighted by molar-refractivity contribution is 9.09. The van der Waals surface area contributed by atoms with Gasteiger partial charge in [-0.25, -0.2) is 0 Å². The molecule has 1 aromatic rings. The molecule has 0 heterocycles. The zero-order chi connectivity index (χ0) is 13.3. The molecule has 0 amide bonds. The summed E-state index contributed by atoms with van der Waals surface area (Å²) in [7, 11) is 0. The van der Waals surface area contributed by atoms with E-state index in [1.807, 2.05) is 0 Å². The fraction of sp³-hybridized carbons (Fsp3) is 0.647. The van der Waals surface area contributed by atoms with Gasteiger partial charge in [-0.2, -0.15) is 0 Å². The summed E-state index contributed by atoms with van der Waals surface area (Å²) in [4.78, 5) is 0.560. The van der Waals surface area contributed by atoms with Crippen LogP contribution in [0.2, 0.25) is 0 Å². The first kappa shape index (κ1) is 15.1. The van der Waals surface area contributed by atoms with Crippen molar-refractivity contribution >= 4 is 15.9 Å². The van der Waals surface area contributed by atoms with Crippen LogP contribution >= 0.6 is 15.9 Å². The Morgan fingerprint density at radius 1 is 1.00 bits per heavy atom. The van der Waals surface area contributed by atoms with Crippen molar-refractivity contribution in [1.82, 2.24) is 0 Å². The second kappa shape index (κ2) is 8.76. The maximum Gasteiger partial charge on any atom is 0.0700 e. The van der Waals surface area contributed by atoms with Gasteiger partial charge in [0.15, 0.2) is 0 Å². The van der Waals surface area contributed by atoms with Gasteiger partial charge in [-0.15, -0.1) is 0 Å². The molecule has 0 aromatic heterocycles. The lowest BCUT2D eigenvalue weighted by atomic mass is 9.98. The highest BCUT2D eigenvalue weighted by atomic mass is 79.9. The molecule has 2 heteroatoms. The highest BCUT2D eigenvalue weighted by Crippen LogP contribution is 2.25. The van der Waals surface area contributed by atoms with E-state index in [-0.39, 0.29) is 0 Å². The standard InChI is InChI=1S/C17H25BrO/c18-16-12-6-1-2-7-13-17(16)19-14-8-11-15-9-4-3-5-10-15/h3-5,9-10,16-17H,1-2,6-8,11-14H2. The monoisotopic (exact) mass is 324 g/mol. The molecule has 1 fully saturated rings. The van der Waals surface area contributed by atoms with E-state index in [1.54, 1.807) is 0 Å². The number of ether oxygens (including phenoxy) is 1. The molecule has 19 heavy (non-hydrogen) atoms. The number of aryl methyl sites for hydroxylation is 1. The Morgan fingerprint density at radius 2 is 1.74 bits per heavy atom. The Morgan fingerprint density at radius 3 is 2.53 bits per heavy atom. The first-order chi connectivity index (χ1) is 9.36. The maximum atomic E-state index is 6.11. The number of hydrogen-bond acceptors (Lipinski definition) is 1. The summed E-state index contributed by atoms with van der Waals surface area (Å²) in [5, 5.41) is 0. The largest absolute Gasteiger partial charge is 0.377 e. The van der Waals surface area contributed by atoms with Crippen molar-refractivity contribution in [2.45, 2.75) is 62.3 Å². The molecule has 106 valence electrons. The lowest BCUT2D eigenvalue weighted by molar-refractivity contribution is 0.0398. The van der Waals surface area contributed by atoms with Crippen LogP contribution in [0.15, 0.2) is 30.3 Å². The molecule has 0 spiro atoms. The van der Waals surface area contributed by atoms with E-state index < -0.39 is 0 Å². The molecule has 0 bridgehead atoms. The van der Waals surface area contributed by atoms with E-state index in [4.69, 9.17) is 4.74 Å². The summed E-state index contributed by atoms with van der Waals surface area (Å²) in [5.74, 6) is 0. The van der Waals surface area contributed by atoms with Gasteiger partial charge in [0.2, 0.25) is 0 Å². The minimum atomic E-state index is 0.427. The van der Waals surface area contributed by atoms with Crippen molar-refractivity contribution in [1.29, 1.82) is 0 Å². The quantitative estimate of drug-likeness (QED) is 0.539. The number of benzene rings is 1. The average Bonchev–Trinajstić information content (AvgIpc) is 2.43. The maximum absolute atomic E-state index is 6.11. The Labute approximate surface area is 125 Å². The molecule has 0 N–H and O–H groups in total. The van der Waals surface area contributed by atoms with Crippen molar-refractivity contribution in [3.63, 3.8) is 0 Å². The van der Waals surface area contributed by atoms with Crippen LogP contribution in [0.3, 0.4) is 0 Å². The van der Waals surface area contributed by atoms with Gasteiger partial charge in [0.05, 0.1) is 6.10 Å². The fourth-order valence-corrected chi connectivity index (χ4v) is 3.49. The summed E-state index contributed by atoms with van der Waals surface area (Å²) < 4.78 is 6.11. The first-order valence-electron chi connectivity index (χ1n) is 7.66. The molecular weight excluding hydrogens is 300 g/mol. The second-order valence-electron chi connectivity index (χ2n) is 5.51. The molecule has 2 atom stereocenters. The number of halogens is 1. The summed E-state index contributed by atoms with van der Waals surface area (Å²) in [6.07, 6.45) is 10.6. The van der Waals surface area contributed by atoms with Crippen molar-refractivity contribution in [3.8, 4) is 0 Å². The Hall–Kier alpha value is -0.340. The number of rotatable bonds is 5. The van der Waals surface area contributed by atoms with Crippen LogP contribution in [0.5, 0.6) is 0 Å². The van der Waals surface area contributed by atoms with Crippen LogP contribution in [0, 0.1) is 0 Å². The lowest BCUT2D eigenvalue weighted by Crippen LogP contribution is -2.26. The van der Waals surface area contributed by atoms with Gasteiger partial charge in [0.1, 0.15) is 0 Å². The fourth-order valence-electron chi connectivity index (χ4n) is 2.75. The van der Waals surface area contributed by atoms with E-state index in [1.165, 1.54) is 44.1 Å². The molecule has 1 aliphatic carbocycles. The van der Waals surface area contributed by atoms with Crippen LogP contribution in [-0.2, 0) is 11.2 Å². The first-order valence-corrected chi connectivity index (χ1v) is 8.57. The predicted octanol–water partition coefficient (Wildman–Crippen LogP) is 5.12. The molecule has 0 aliphatic heterocycles. The molecule has 1 aromatic carbocycles. The van der Waals surface area contributed by atoms with Gasteiger partial charge < -0.3 is 4.74 Å². The zero-order valence-corrected chi connectivity index (χ0v) is 13.3. The molecular formula is C17H25BrO. The van der Waals surface area contributed by atoms with Gasteiger partial charge in [-0.1, -0.05) is 71.9 Å². The normalized spacial score (nSPS) is 24.7. The predicted molar refractivity (Wildman–Crippen MR) is 84.9 cm³/mol. The third-order valence-corrected chi connectivity index (χ3v) is 4.95. The second-order valence-corrected chi connectivity index (χ2v) is 6.68. The summed E-state index contributed by atoms with van der Waals surface area (Å²) in [6, 6.07) is 10.7. The summed E-state index contributed by atoms with van der Waals surface area (Å²) >= 11 is 3.81. The number of hydrogen-bond donors (Lipinski definition) is 0. The lowest BCUT2D eigenvalue weighted by Gasteiger charge is -2.25. The minimum absolute atomic E-state index is 0.427.